The number of fused-ring (bicyclic) bond motifs is 2. The maximum atomic E-state index is 13.5. The van der Waals surface area contributed by atoms with Crippen molar-refractivity contribution in [3.05, 3.63) is 0 Å². The Morgan fingerprint density at radius 1 is 0.755 bits per heavy atom. The van der Waals surface area contributed by atoms with E-state index in [1.165, 1.54) is 14.2 Å². The molecule has 0 amide bonds. The molecule has 3 aliphatic rings. The van der Waals surface area contributed by atoms with Crippen molar-refractivity contribution in [3.63, 3.8) is 0 Å². The van der Waals surface area contributed by atoms with Crippen molar-refractivity contribution in [2.75, 3.05) is 27.0 Å². The van der Waals surface area contributed by atoms with Gasteiger partial charge in [0.15, 0.2) is 25.0 Å². The van der Waals surface area contributed by atoms with Gasteiger partial charge in [-0.05, 0) is 73.7 Å². The third-order valence-electron chi connectivity index (χ3n) is 12.5. The highest BCUT2D eigenvalue weighted by Gasteiger charge is 2.60. The first-order valence-electron chi connectivity index (χ1n) is 19.1. The Morgan fingerprint density at radius 2 is 1.27 bits per heavy atom. The van der Waals surface area contributed by atoms with E-state index >= 15 is 0 Å². The summed E-state index contributed by atoms with van der Waals surface area (Å²) in [6.45, 7) is 25.4. The Hall–Kier alpha value is 0.231. The summed E-state index contributed by atoms with van der Waals surface area (Å²) in [6, 6.07) is 5.88. The first-order chi connectivity index (χ1) is 22.9. The molecule has 0 saturated carbocycles. The van der Waals surface area contributed by atoms with Crippen LogP contribution in [0.4, 0.5) is 0 Å². The van der Waals surface area contributed by atoms with E-state index in [-0.39, 0.29) is 47.8 Å². The van der Waals surface area contributed by atoms with Gasteiger partial charge in [-0.15, -0.1) is 0 Å². The number of hydrogen-bond acceptors (Lipinski definition) is 10. The minimum atomic E-state index is -3.53. The molecule has 3 fully saturated rings. The Morgan fingerprint density at radius 3 is 1.76 bits per heavy atom. The zero-order chi connectivity index (χ0) is 36.8. The summed E-state index contributed by atoms with van der Waals surface area (Å²) in [7, 11) is -7.06. The lowest BCUT2D eigenvalue weighted by Crippen LogP contribution is -2.65. The van der Waals surface area contributed by atoms with Crippen molar-refractivity contribution in [3.8, 4) is 0 Å². The topological polar surface area (TPSA) is 108 Å². The lowest BCUT2D eigenvalue weighted by Gasteiger charge is -2.51. The fourth-order valence-electron chi connectivity index (χ4n) is 7.49. The third kappa shape index (κ3) is 10.3. The molecular weight excluding hydrogens is 696 g/mol. The zero-order valence-corrected chi connectivity index (χ0v) is 37.0. The summed E-state index contributed by atoms with van der Waals surface area (Å²) in [4.78, 5) is 13.5. The van der Waals surface area contributed by atoms with Gasteiger partial charge in [0.25, 0.3) is 0 Å². The molecule has 3 rings (SSSR count). The minimum absolute atomic E-state index is 0.0353. The smallest absolute Gasteiger partial charge is 0.337 e. The summed E-state index contributed by atoms with van der Waals surface area (Å²) < 4.78 is 65.1. The van der Waals surface area contributed by atoms with E-state index in [4.69, 9.17) is 36.5 Å². The summed E-state index contributed by atoms with van der Waals surface area (Å²) in [5, 5.41) is 0.152. The molecule has 10 nitrogen and oxygen atoms in total. The lowest BCUT2D eigenvalue weighted by atomic mass is 9.88. The molecule has 0 bridgehead atoms. The van der Waals surface area contributed by atoms with Crippen LogP contribution in [0.2, 0.25) is 54.4 Å². The Kier molecular flexibility index (Phi) is 16.1. The van der Waals surface area contributed by atoms with Crippen LogP contribution in [0.1, 0.15) is 88.0 Å². The van der Waals surface area contributed by atoms with E-state index in [9.17, 15) is 9.36 Å². The van der Waals surface area contributed by atoms with Crippen LogP contribution in [-0.4, -0.2) is 107 Å². The number of hydrogen-bond donors (Lipinski definition) is 0. The summed E-state index contributed by atoms with van der Waals surface area (Å²) >= 11 is 0. The first kappa shape index (κ1) is 43.6. The molecule has 3 saturated heterocycles. The molecule has 0 radical (unpaired) electrons. The van der Waals surface area contributed by atoms with Gasteiger partial charge < -0.3 is 36.5 Å². The molecule has 0 unspecified atom stereocenters. The van der Waals surface area contributed by atoms with Gasteiger partial charge >= 0.3 is 7.60 Å². The highest BCUT2D eigenvalue weighted by Crippen LogP contribution is 2.48. The van der Waals surface area contributed by atoms with Gasteiger partial charge in [0.1, 0.15) is 42.5 Å². The second-order valence-electron chi connectivity index (χ2n) is 16.0. The molecular formula is C35H71O10PSi3. The van der Waals surface area contributed by atoms with Gasteiger partial charge in [-0.25, -0.2) is 0 Å². The van der Waals surface area contributed by atoms with E-state index in [0.717, 1.165) is 55.5 Å². The molecule has 0 spiro atoms. The van der Waals surface area contributed by atoms with E-state index in [2.05, 4.69) is 75.4 Å². The fraction of sp³-hybridized carbons (Fsp3) is 0.971. The highest BCUT2D eigenvalue weighted by atomic mass is 31.2. The van der Waals surface area contributed by atoms with E-state index in [0.29, 0.717) is 6.61 Å². The largest absolute Gasteiger partial charge is 0.417 e. The molecule has 0 N–H and O–H groups in total. The van der Waals surface area contributed by atoms with E-state index in [1.54, 1.807) is 0 Å². The molecule has 3 heterocycles. The Balaban J connectivity index is 1.96. The number of Topliss-reactive ketones (excluding diaryl/α,β-unsaturated/α-hetero) is 1. The average molecular weight is 767 g/mol. The summed E-state index contributed by atoms with van der Waals surface area (Å²) in [5.41, 5.74) is 0. The van der Waals surface area contributed by atoms with Gasteiger partial charge in [-0.2, -0.15) is 0 Å². The number of carbonyl (C=O) groups is 1. The van der Waals surface area contributed by atoms with Gasteiger partial charge in [0.05, 0.1) is 18.3 Å². The molecule has 8 atom stereocenters. The van der Waals surface area contributed by atoms with Crippen molar-refractivity contribution in [2.24, 2.45) is 0 Å². The van der Waals surface area contributed by atoms with Crippen molar-refractivity contribution in [1.29, 1.82) is 0 Å². The van der Waals surface area contributed by atoms with Crippen LogP contribution in [0.15, 0.2) is 0 Å². The molecule has 14 heteroatoms. The maximum absolute atomic E-state index is 13.5. The molecule has 3 aliphatic heterocycles. The SMILES string of the molecule is CC[Si](CC)(CC)O[C@@H]1[C@@H]2O[C@H](CC(=O)CP(=O)(OC)OC)[C@H](O[Si](CC)(CC)CC)[C@@H]2O[C@H]2CC[C@H](CCO[Si](C)(C)C(C)(C)C)O[C@H]12. The quantitative estimate of drug-likeness (QED) is 0.0882. The highest BCUT2D eigenvalue weighted by molar-refractivity contribution is 7.54. The second kappa shape index (κ2) is 18.0. The van der Waals surface area contributed by atoms with Crippen molar-refractivity contribution in [2.45, 2.75) is 191 Å². The zero-order valence-electron chi connectivity index (χ0n) is 33.1. The lowest BCUT2D eigenvalue weighted by molar-refractivity contribution is -0.255. The van der Waals surface area contributed by atoms with Crippen molar-refractivity contribution >= 4 is 38.3 Å². The Labute approximate surface area is 301 Å². The van der Waals surface area contributed by atoms with E-state index < -0.39 is 57.0 Å². The molecule has 288 valence electrons. The number of ketones is 1. The van der Waals surface area contributed by atoms with Gasteiger partial charge in [0.2, 0.25) is 0 Å². The van der Waals surface area contributed by atoms with Crippen molar-refractivity contribution in [1.82, 2.24) is 0 Å². The molecule has 0 aromatic heterocycles. The normalized spacial score (nSPS) is 29.9. The predicted octanol–water partition coefficient (Wildman–Crippen LogP) is 8.71. The second-order valence-corrected chi connectivity index (χ2v) is 32.5. The van der Waals surface area contributed by atoms with Crippen LogP contribution in [0.5, 0.6) is 0 Å². The van der Waals surface area contributed by atoms with Crippen LogP contribution in [0, 0.1) is 0 Å². The van der Waals surface area contributed by atoms with Gasteiger partial charge in [0, 0.05) is 27.2 Å². The van der Waals surface area contributed by atoms with E-state index in [1.807, 2.05) is 0 Å². The van der Waals surface area contributed by atoms with Gasteiger partial charge in [-0.3, -0.25) is 9.36 Å². The fourth-order valence-corrected chi connectivity index (χ4v) is 15.2. The molecule has 49 heavy (non-hydrogen) atoms. The number of rotatable bonds is 20. The van der Waals surface area contributed by atoms with Crippen LogP contribution < -0.4 is 0 Å². The predicted molar refractivity (Wildman–Crippen MR) is 203 cm³/mol. The number of carbonyl (C=O) groups excluding carboxylic acids is 1. The summed E-state index contributed by atoms with van der Waals surface area (Å²) in [6.07, 6.45) is -0.287. The summed E-state index contributed by atoms with van der Waals surface area (Å²) in [5.74, 6) is -0.242. The standard InChI is InChI=1S/C35H71O10PSi3/c1-14-48(15-2,16-3)44-31-29(24-26(36)25-46(37,38-10)39-11)43-33-32(31)42-28-21-20-27(22-23-40-47(12,13)35(7,8)9)41-30(28)34(33)45-49(17-4,18-5)19-6/h27-34H,14-25H2,1-13H3/t27-,28+,29-,30+,31+,32+,33-,34+/m1/s1. The van der Waals surface area contributed by atoms with Crippen LogP contribution >= 0.6 is 7.60 Å². The van der Waals surface area contributed by atoms with Crippen molar-refractivity contribution < 1.29 is 45.9 Å². The average Bonchev–Trinajstić information content (AvgIpc) is 3.40. The Bertz CT molecular complexity index is 1070. The van der Waals surface area contributed by atoms with Crippen LogP contribution in [0.3, 0.4) is 0 Å². The van der Waals surface area contributed by atoms with Gasteiger partial charge in [-0.1, -0.05) is 62.3 Å². The third-order valence-corrected chi connectivity index (χ3v) is 28.2. The first-order valence-corrected chi connectivity index (χ1v) is 28.8. The van der Waals surface area contributed by atoms with Crippen LogP contribution in [0.25, 0.3) is 0 Å². The molecule has 0 aliphatic carbocycles. The maximum Gasteiger partial charge on any atom is 0.337 e. The monoisotopic (exact) mass is 766 g/mol. The van der Waals surface area contributed by atoms with Crippen LogP contribution in [-0.2, 0) is 45.9 Å². The molecule has 0 aromatic carbocycles. The molecule has 0 aromatic rings. The minimum Gasteiger partial charge on any atom is -0.417 e. The number of ether oxygens (including phenoxy) is 3.